The number of rotatable bonds is 4. The number of aromatic amines is 1. The zero-order chi connectivity index (χ0) is 17.3. The maximum absolute atomic E-state index is 5.44. The highest BCUT2D eigenvalue weighted by Gasteiger charge is 2.24. The quantitative estimate of drug-likeness (QED) is 0.572. The highest BCUT2D eigenvalue weighted by atomic mass is 32.1. The summed E-state index contributed by atoms with van der Waals surface area (Å²) in [6.45, 7) is 2.85. The molecular weight excluding hydrogens is 344 g/mol. The van der Waals surface area contributed by atoms with Crippen molar-refractivity contribution < 1.29 is 4.52 Å². The molecule has 0 spiro atoms. The van der Waals surface area contributed by atoms with Crippen molar-refractivity contribution in [3.05, 3.63) is 58.7 Å². The molecule has 6 heteroatoms. The van der Waals surface area contributed by atoms with Crippen molar-refractivity contribution in [3.8, 4) is 11.4 Å². The first-order chi connectivity index (χ1) is 12.9. The van der Waals surface area contributed by atoms with Gasteiger partial charge in [-0.2, -0.15) is 16.3 Å². The molecule has 0 unspecified atom stereocenters. The van der Waals surface area contributed by atoms with Gasteiger partial charge in [0.25, 0.3) is 0 Å². The second-order valence-corrected chi connectivity index (χ2v) is 7.64. The number of hydrogen-bond donors (Lipinski definition) is 1. The highest BCUT2D eigenvalue weighted by molar-refractivity contribution is 7.08. The molecule has 26 heavy (non-hydrogen) atoms. The molecule has 0 atom stereocenters. The van der Waals surface area contributed by atoms with E-state index in [1.165, 1.54) is 16.5 Å². The Kier molecular flexibility index (Phi) is 4.07. The molecule has 1 aliphatic rings. The molecule has 0 radical (unpaired) electrons. The van der Waals surface area contributed by atoms with E-state index in [1.54, 1.807) is 11.3 Å². The first-order valence-corrected chi connectivity index (χ1v) is 9.94. The van der Waals surface area contributed by atoms with Crippen LogP contribution < -0.4 is 0 Å². The van der Waals surface area contributed by atoms with Crippen LogP contribution in [-0.4, -0.2) is 33.1 Å². The van der Waals surface area contributed by atoms with Crippen LogP contribution in [-0.2, 0) is 6.54 Å². The molecule has 0 amide bonds. The Labute approximate surface area is 155 Å². The second kappa shape index (κ2) is 6.70. The topological polar surface area (TPSA) is 58.0 Å². The first-order valence-electron chi connectivity index (χ1n) is 9.00. The van der Waals surface area contributed by atoms with Crippen LogP contribution in [0.3, 0.4) is 0 Å². The number of aromatic nitrogens is 3. The maximum atomic E-state index is 5.44. The summed E-state index contributed by atoms with van der Waals surface area (Å²) in [7, 11) is 0. The lowest BCUT2D eigenvalue weighted by atomic mass is 9.89. The Bertz CT molecular complexity index is 996. The number of piperidine rings is 1. The lowest BCUT2D eigenvalue weighted by Crippen LogP contribution is -2.32. The van der Waals surface area contributed by atoms with Crippen molar-refractivity contribution in [2.75, 3.05) is 13.1 Å². The molecule has 3 aromatic heterocycles. The molecule has 1 aromatic carbocycles. The predicted molar refractivity (Wildman–Crippen MR) is 103 cm³/mol. The minimum absolute atomic E-state index is 0.617. The van der Waals surface area contributed by atoms with Gasteiger partial charge in [-0.05, 0) is 54.9 Å². The minimum Gasteiger partial charge on any atom is -0.361 e. The van der Waals surface area contributed by atoms with Gasteiger partial charge in [0.05, 0.1) is 6.54 Å². The Morgan fingerprint density at radius 2 is 2.08 bits per heavy atom. The molecule has 5 rings (SSSR count). The fourth-order valence-electron chi connectivity index (χ4n) is 3.85. The molecule has 1 saturated heterocycles. The average molecular weight is 364 g/mol. The lowest BCUT2D eigenvalue weighted by Gasteiger charge is -2.30. The van der Waals surface area contributed by atoms with E-state index in [-0.39, 0.29) is 0 Å². The van der Waals surface area contributed by atoms with Gasteiger partial charge in [-0.15, -0.1) is 0 Å². The molecule has 0 aliphatic carbocycles. The summed E-state index contributed by atoms with van der Waals surface area (Å²) in [6.07, 6.45) is 4.51. The Morgan fingerprint density at radius 3 is 2.92 bits per heavy atom. The molecule has 5 nitrogen and oxygen atoms in total. The largest absolute Gasteiger partial charge is 0.361 e. The van der Waals surface area contributed by atoms with Gasteiger partial charge in [-0.25, -0.2) is 0 Å². The summed E-state index contributed by atoms with van der Waals surface area (Å²) in [4.78, 5) is 10.4. The van der Waals surface area contributed by atoms with Gasteiger partial charge in [0.2, 0.25) is 11.7 Å². The van der Waals surface area contributed by atoms with Crippen molar-refractivity contribution in [2.24, 2.45) is 0 Å². The number of likely N-dealkylation sites (tertiary alicyclic amines) is 1. The van der Waals surface area contributed by atoms with Crippen LogP contribution in [0.2, 0.25) is 0 Å². The zero-order valence-corrected chi connectivity index (χ0v) is 15.2. The number of para-hydroxylation sites is 1. The van der Waals surface area contributed by atoms with Crippen LogP contribution in [0.4, 0.5) is 0 Å². The van der Waals surface area contributed by atoms with Gasteiger partial charge < -0.3 is 9.51 Å². The van der Waals surface area contributed by atoms with E-state index in [1.807, 2.05) is 16.8 Å². The summed E-state index contributed by atoms with van der Waals surface area (Å²) in [5.41, 5.74) is 3.72. The molecule has 1 N–H and O–H groups in total. The average Bonchev–Trinajstić information content (AvgIpc) is 3.43. The van der Waals surface area contributed by atoms with E-state index in [2.05, 4.69) is 50.5 Å². The number of fused-ring (bicyclic) bond motifs is 1. The molecule has 0 saturated carbocycles. The van der Waals surface area contributed by atoms with Crippen LogP contribution in [0.25, 0.3) is 22.3 Å². The van der Waals surface area contributed by atoms with E-state index >= 15 is 0 Å². The van der Waals surface area contributed by atoms with E-state index < -0.39 is 0 Å². The molecule has 4 aromatic rings. The van der Waals surface area contributed by atoms with Crippen LogP contribution in [0, 0.1) is 0 Å². The number of nitrogens with one attached hydrogen (secondary N) is 1. The van der Waals surface area contributed by atoms with Gasteiger partial charge >= 0.3 is 0 Å². The minimum atomic E-state index is 0.617. The number of nitrogens with zero attached hydrogens (tertiary/aromatic N) is 3. The fourth-order valence-corrected chi connectivity index (χ4v) is 4.49. The van der Waals surface area contributed by atoms with E-state index in [9.17, 15) is 0 Å². The molecule has 0 bridgehead atoms. The van der Waals surface area contributed by atoms with Gasteiger partial charge in [-0.1, -0.05) is 23.4 Å². The normalized spacial score (nSPS) is 16.5. The zero-order valence-electron chi connectivity index (χ0n) is 14.4. The van der Waals surface area contributed by atoms with E-state index in [0.717, 1.165) is 38.0 Å². The fraction of sp³-hybridized carbons (Fsp3) is 0.300. The summed E-state index contributed by atoms with van der Waals surface area (Å²) in [5.74, 6) is 2.01. The van der Waals surface area contributed by atoms with Gasteiger partial charge in [0, 0.05) is 28.0 Å². The third-order valence-corrected chi connectivity index (χ3v) is 5.94. The predicted octanol–water partition coefficient (Wildman–Crippen LogP) is 4.66. The summed E-state index contributed by atoms with van der Waals surface area (Å²) in [5, 5.41) is 9.54. The van der Waals surface area contributed by atoms with Crippen LogP contribution in [0.1, 0.15) is 30.2 Å². The van der Waals surface area contributed by atoms with Crippen molar-refractivity contribution in [2.45, 2.75) is 25.3 Å². The molecule has 1 fully saturated rings. The van der Waals surface area contributed by atoms with Crippen LogP contribution in [0.5, 0.6) is 0 Å². The maximum Gasteiger partial charge on any atom is 0.241 e. The van der Waals surface area contributed by atoms with E-state index in [4.69, 9.17) is 4.52 Å². The van der Waals surface area contributed by atoms with Crippen LogP contribution in [0.15, 0.2) is 51.8 Å². The smallest absolute Gasteiger partial charge is 0.241 e. The first kappa shape index (κ1) is 15.8. The number of thiophene rings is 1. The Morgan fingerprint density at radius 1 is 1.19 bits per heavy atom. The number of hydrogen-bond acceptors (Lipinski definition) is 5. The number of H-pyrrole nitrogens is 1. The third kappa shape index (κ3) is 2.95. The molecule has 1 aliphatic heterocycles. The third-order valence-electron chi connectivity index (χ3n) is 5.25. The second-order valence-electron chi connectivity index (χ2n) is 6.86. The van der Waals surface area contributed by atoms with E-state index in [0.29, 0.717) is 17.6 Å². The standard InChI is InChI=1S/C20H20N4OS/c1-2-4-18-16(3-1)17(11-21-18)14-5-8-24(9-6-14)12-19-22-20(23-25-19)15-7-10-26-13-15/h1-4,7,10-11,13-14,21H,5-6,8-9,12H2. The molecule has 132 valence electrons. The highest BCUT2D eigenvalue weighted by Crippen LogP contribution is 2.33. The SMILES string of the molecule is c1ccc2c(C3CCN(Cc4nc(-c5ccsc5)no4)CC3)c[nH]c2c1. The van der Waals surface area contributed by atoms with Gasteiger partial charge in [0.1, 0.15) is 0 Å². The van der Waals surface area contributed by atoms with Crippen molar-refractivity contribution in [1.29, 1.82) is 0 Å². The molecular formula is C20H20N4OS. The van der Waals surface area contributed by atoms with Crippen molar-refractivity contribution in [3.63, 3.8) is 0 Å². The monoisotopic (exact) mass is 364 g/mol. The molecule has 4 heterocycles. The van der Waals surface area contributed by atoms with Crippen molar-refractivity contribution in [1.82, 2.24) is 20.0 Å². The van der Waals surface area contributed by atoms with Crippen LogP contribution >= 0.6 is 11.3 Å². The Hall–Kier alpha value is -2.44. The number of benzene rings is 1. The van der Waals surface area contributed by atoms with Gasteiger partial charge in [-0.3, -0.25) is 4.90 Å². The summed E-state index contributed by atoms with van der Waals surface area (Å²) < 4.78 is 5.44. The Balaban J connectivity index is 1.23. The van der Waals surface area contributed by atoms with Gasteiger partial charge in [0.15, 0.2) is 0 Å². The van der Waals surface area contributed by atoms with Crippen molar-refractivity contribution >= 4 is 22.2 Å². The summed E-state index contributed by atoms with van der Waals surface area (Å²) in [6, 6.07) is 10.6. The summed E-state index contributed by atoms with van der Waals surface area (Å²) >= 11 is 1.64. The lowest BCUT2D eigenvalue weighted by molar-refractivity contribution is 0.181.